The van der Waals surface area contributed by atoms with E-state index in [2.05, 4.69) is 26.4 Å². The van der Waals surface area contributed by atoms with Crippen molar-refractivity contribution in [3.8, 4) is 6.07 Å². The molecule has 1 aliphatic rings. The van der Waals surface area contributed by atoms with Gasteiger partial charge in [0, 0.05) is 25.0 Å². The molecule has 1 aliphatic heterocycles. The molecule has 30 heavy (non-hydrogen) atoms. The molecule has 3 heterocycles. The number of nitriles is 1. The highest BCUT2D eigenvalue weighted by atomic mass is 19.1. The summed E-state index contributed by atoms with van der Waals surface area (Å²) in [6.07, 6.45) is 5.32. The van der Waals surface area contributed by atoms with Gasteiger partial charge >= 0.3 is 0 Å². The van der Waals surface area contributed by atoms with E-state index < -0.39 is 5.91 Å². The second-order valence-corrected chi connectivity index (χ2v) is 7.12. The van der Waals surface area contributed by atoms with Crippen LogP contribution in [-0.4, -0.2) is 38.7 Å². The van der Waals surface area contributed by atoms with Crippen molar-refractivity contribution in [2.45, 2.75) is 19.0 Å². The van der Waals surface area contributed by atoms with Gasteiger partial charge in [0.25, 0.3) is 5.91 Å². The zero-order chi connectivity index (χ0) is 21.1. The van der Waals surface area contributed by atoms with Gasteiger partial charge in [-0.05, 0) is 30.7 Å². The van der Waals surface area contributed by atoms with E-state index in [1.807, 2.05) is 0 Å². The Balaban J connectivity index is 1.59. The highest BCUT2D eigenvalue weighted by molar-refractivity contribution is 5.98. The van der Waals surface area contributed by atoms with Gasteiger partial charge in [-0.25, -0.2) is 9.37 Å². The molecule has 0 bridgehead atoms. The number of hydrogen-bond acceptors (Lipinski definition) is 7. The Labute approximate surface area is 171 Å². The summed E-state index contributed by atoms with van der Waals surface area (Å²) in [6, 6.07) is 7.74. The second kappa shape index (κ2) is 8.34. The SMILES string of the molecule is N#C[C@H]1CCN(Cc2ncco2)C[C@@H]1n1cc(C(N)=O)c(Nc2ccc(F)cc2)n1. The highest BCUT2D eigenvalue weighted by Gasteiger charge is 2.33. The van der Waals surface area contributed by atoms with Gasteiger partial charge < -0.3 is 15.5 Å². The van der Waals surface area contributed by atoms with Crippen molar-refractivity contribution < 1.29 is 13.6 Å². The molecule has 4 rings (SSSR count). The highest BCUT2D eigenvalue weighted by Crippen LogP contribution is 2.30. The Bertz CT molecular complexity index is 1060. The maximum absolute atomic E-state index is 13.2. The summed E-state index contributed by atoms with van der Waals surface area (Å²) in [4.78, 5) is 18.2. The molecule has 0 aliphatic carbocycles. The summed E-state index contributed by atoms with van der Waals surface area (Å²) in [6.45, 7) is 1.78. The minimum atomic E-state index is -0.646. The fourth-order valence-electron chi connectivity index (χ4n) is 3.59. The molecule has 1 saturated heterocycles. The molecule has 0 saturated carbocycles. The van der Waals surface area contributed by atoms with Crippen LogP contribution in [-0.2, 0) is 6.54 Å². The molecule has 2 atom stereocenters. The van der Waals surface area contributed by atoms with Crippen LogP contribution in [0.5, 0.6) is 0 Å². The topological polar surface area (TPSA) is 126 Å². The summed E-state index contributed by atoms with van der Waals surface area (Å²) in [5.74, 6) is -0.430. The van der Waals surface area contributed by atoms with Crippen LogP contribution in [0.4, 0.5) is 15.9 Å². The van der Waals surface area contributed by atoms with Crippen LogP contribution in [0.1, 0.15) is 28.7 Å². The summed E-state index contributed by atoms with van der Waals surface area (Å²) < 4.78 is 20.1. The Hall–Kier alpha value is -3.71. The molecule has 1 amide bonds. The summed E-state index contributed by atoms with van der Waals surface area (Å²) in [5, 5.41) is 17.1. The van der Waals surface area contributed by atoms with E-state index in [9.17, 15) is 14.4 Å². The number of likely N-dealkylation sites (tertiary alicyclic amines) is 1. The standard InChI is InChI=1S/C20H20FN7O2/c21-14-1-3-15(4-2-14)25-20-16(19(23)29)10-28(26-20)17-11-27(7-5-13(17)9-22)12-18-24-6-8-30-18/h1-4,6,8,10,13,17H,5,7,11-12H2,(H2,23,29)(H,25,26)/t13-,17+/m1/s1. The molecule has 1 fully saturated rings. The molecule has 10 heteroatoms. The number of nitrogens with zero attached hydrogens (tertiary/aromatic N) is 5. The molecular formula is C20H20FN7O2. The maximum atomic E-state index is 13.2. The van der Waals surface area contributed by atoms with E-state index in [0.717, 1.165) is 6.54 Å². The van der Waals surface area contributed by atoms with E-state index >= 15 is 0 Å². The number of nitrogens with one attached hydrogen (secondary N) is 1. The van der Waals surface area contributed by atoms with Gasteiger partial charge in [-0.15, -0.1) is 0 Å². The fourth-order valence-corrected chi connectivity index (χ4v) is 3.59. The molecule has 154 valence electrons. The van der Waals surface area contributed by atoms with Crippen LogP contribution in [0.25, 0.3) is 0 Å². The molecule has 1 aromatic carbocycles. The summed E-state index contributed by atoms with van der Waals surface area (Å²) in [5.41, 5.74) is 6.29. The number of oxazole rings is 1. The predicted molar refractivity (Wildman–Crippen MR) is 105 cm³/mol. The van der Waals surface area contributed by atoms with Crippen LogP contribution < -0.4 is 11.1 Å². The first-order chi connectivity index (χ1) is 14.5. The number of carbonyl (C=O) groups is 1. The minimum Gasteiger partial charge on any atom is -0.448 e. The smallest absolute Gasteiger partial charge is 0.254 e. The first-order valence-electron chi connectivity index (χ1n) is 9.45. The molecular weight excluding hydrogens is 389 g/mol. The average molecular weight is 409 g/mol. The van der Waals surface area contributed by atoms with Gasteiger partial charge in [-0.3, -0.25) is 14.4 Å². The number of anilines is 2. The molecule has 0 spiro atoms. The zero-order valence-electron chi connectivity index (χ0n) is 16.0. The third-order valence-electron chi connectivity index (χ3n) is 5.12. The number of piperidine rings is 1. The van der Waals surface area contributed by atoms with Crippen molar-refractivity contribution in [2.75, 3.05) is 18.4 Å². The number of aromatic nitrogens is 3. The lowest BCUT2D eigenvalue weighted by atomic mass is 9.93. The molecule has 0 unspecified atom stereocenters. The van der Waals surface area contributed by atoms with Gasteiger partial charge in [-0.1, -0.05) is 0 Å². The van der Waals surface area contributed by atoms with Crippen LogP contribution in [0.3, 0.4) is 0 Å². The van der Waals surface area contributed by atoms with Gasteiger partial charge in [-0.2, -0.15) is 10.4 Å². The monoisotopic (exact) mass is 409 g/mol. The largest absolute Gasteiger partial charge is 0.448 e. The molecule has 9 nitrogen and oxygen atoms in total. The lowest BCUT2D eigenvalue weighted by molar-refractivity contribution is 0.1000. The van der Waals surface area contributed by atoms with Crippen LogP contribution in [0.15, 0.2) is 47.3 Å². The van der Waals surface area contributed by atoms with Crippen molar-refractivity contribution in [3.63, 3.8) is 0 Å². The van der Waals surface area contributed by atoms with Crippen molar-refractivity contribution >= 4 is 17.4 Å². The molecule has 2 aromatic heterocycles. The van der Waals surface area contributed by atoms with E-state index in [1.54, 1.807) is 17.1 Å². The van der Waals surface area contributed by atoms with Crippen molar-refractivity contribution in [3.05, 3.63) is 60.2 Å². The third-order valence-corrected chi connectivity index (χ3v) is 5.12. The number of hydrogen-bond donors (Lipinski definition) is 2. The molecule has 3 N–H and O–H groups in total. The van der Waals surface area contributed by atoms with Gasteiger partial charge in [0.15, 0.2) is 5.82 Å². The van der Waals surface area contributed by atoms with E-state index in [-0.39, 0.29) is 29.2 Å². The minimum absolute atomic E-state index is 0.195. The Kier molecular flexibility index (Phi) is 5.45. The van der Waals surface area contributed by atoms with E-state index in [4.69, 9.17) is 10.2 Å². The number of rotatable bonds is 6. The normalized spacial score (nSPS) is 19.3. The molecule has 3 aromatic rings. The Morgan fingerprint density at radius 3 is 2.87 bits per heavy atom. The number of amides is 1. The lowest BCUT2D eigenvalue weighted by Crippen LogP contribution is -2.41. The van der Waals surface area contributed by atoms with Crippen molar-refractivity contribution in [2.24, 2.45) is 11.7 Å². The third kappa shape index (κ3) is 4.16. The van der Waals surface area contributed by atoms with E-state index in [1.165, 1.54) is 30.5 Å². The average Bonchev–Trinajstić information content (AvgIpc) is 3.40. The summed E-state index contributed by atoms with van der Waals surface area (Å²) in [7, 11) is 0. The Morgan fingerprint density at radius 1 is 1.40 bits per heavy atom. The first-order valence-corrected chi connectivity index (χ1v) is 9.45. The van der Waals surface area contributed by atoms with Crippen LogP contribution in [0.2, 0.25) is 0 Å². The fraction of sp³-hybridized carbons (Fsp3) is 0.300. The maximum Gasteiger partial charge on any atom is 0.254 e. The zero-order valence-corrected chi connectivity index (χ0v) is 16.0. The van der Waals surface area contributed by atoms with Gasteiger partial charge in [0.1, 0.15) is 17.6 Å². The molecule has 0 radical (unpaired) electrons. The van der Waals surface area contributed by atoms with Crippen LogP contribution in [0, 0.1) is 23.1 Å². The lowest BCUT2D eigenvalue weighted by Gasteiger charge is -2.35. The second-order valence-electron chi connectivity index (χ2n) is 7.12. The number of nitrogens with two attached hydrogens (primary N) is 1. The van der Waals surface area contributed by atoms with Gasteiger partial charge in [0.05, 0.1) is 30.8 Å². The quantitative estimate of drug-likeness (QED) is 0.640. The summed E-state index contributed by atoms with van der Waals surface area (Å²) >= 11 is 0. The van der Waals surface area contributed by atoms with Crippen molar-refractivity contribution in [1.29, 1.82) is 5.26 Å². The number of benzene rings is 1. The Morgan fingerprint density at radius 2 is 2.20 bits per heavy atom. The van der Waals surface area contributed by atoms with Gasteiger partial charge in [0.2, 0.25) is 5.89 Å². The first kappa shape index (κ1) is 19.6. The van der Waals surface area contributed by atoms with Crippen LogP contribution >= 0.6 is 0 Å². The number of primary amides is 1. The number of carbonyl (C=O) groups excluding carboxylic acids is 1. The number of halogens is 1. The van der Waals surface area contributed by atoms with Crippen molar-refractivity contribution in [1.82, 2.24) is 19.7 Å². The predicted octanol–water partition coefficient (Wildman–Crippen LogP) is 2.44. The van der Waals surface area contributed by atoms with E-state index in [0.29, 0.717) is 31.1 Å².